The molecule has 78 valence electrons. The van der Waals surface area contributed by atoms with Gasteiger partial charge in [0.2, 0.25) is 0 Å². The third-order valence-corrected chi connectivity index (χ3v) is 1.93. The van der Waals surface area contributed by atoms with Crippen molar-refractivity contribution in [2.24, 2.45) is 5.92 Å². The maximum Gasteiger partial charge on any atom is 0.120 e. The summed E-state index contributed by atoms with van der Waals surface area (Å²) in [5, 5.41) is 3.33. The molecule has 0 bridgehead atoms. The van der Waals surface area contributed by atoms with Gasteiger partial charge in [0.15, 0.2) is 0 Å². The Balaban J connectivity index is 2.40. The van der Waals surface area contributed by atoms with Gasteiger partial charge >= 0.3 is 0 Å². The number of nitrogens with zero attached hydrogens (tertiary/aromatic N) is 1. The Morgan fingerprint density at radius 3 is 2.86 bits per heavy atom. The highest BCUT2D eigenvalue weighted by molar-refractivity contribution is 5.56. The van der Waals surface area contributed by atoms with Crippen molar-refractivity contribution in [2.75, 3.05) is 6.54 Å². The lowest BCUT2D eigenvalue weighted by Gasteiger charge is -2.04. The third kappa shape index (κ3) is 3.34. The lowest BCUT2D eigenvalue weighted by molar-refractivity contribution is 0.544. The van der Waals surface area contributed by atoms with E-state index < -0.39 is 0 Å². The first kappa shape index (κ1) is 11.0. The van der Waals surface area contributed by atoms with Crippen LogP contribution < -0.4 is 5.32 Å². The Morgan fingerprint density at radius 2 is 2.36 bits per heavy atom. The van der Waals surface area contributed by atoms with Crippen LogP contribution in [0, 0.1) is 5.92 Å². The van der Waals surface area contributed by atoms with Crippen molar-refractivity contribution in [3.8, 4) is 0 Å². The number of aromatic nitrogens is 2. The minimum atomic E-state index is 0.672. The number of imidazole rings is 1. The fraction of sp³-hybridized carbons (Fsp3) is 0.545. The van der Waals surface area contributed by atoms with Crippen molar-refractivity contribution in [1.29, 1.82) is 0 Å². The topological polar surface area (TPSA) is 40.7 Å². The van der Waals surface area contributed by atoms with E-state index in [9.17, 15) is 0 Å². The van der Waals surface area contributed by atoms with E-state index in [2.05, 4.69) is 35.7 Å². The smallest absolute Gasteiger partial charge is 0.120 e. The summed E-state index contributed by atoms with van der Waals surface area (Å²) in [6.07, 6.45) is 1.83. The number of H-pyrrole nitrogens is 1. The molecule has 2 N–H and O–H groups in total. The van der Waals surface area contributed by atoms with Gasteiger partial charge in [0.25, 0.3) is 0 Å². The minimum absolute atomic E-state index is 0.672. The number of hydrogen-bond acceptors (Lipinski definition) is 2. The molecule has 0 aliphatic heterocycles. The van der Waals surface area contributed by atoms with Gasteiger partial charge in [-0.2, -0.15) is 0 Å². The quantitative estimate of drug-likeness (QED) is 0.752. The average molecular weight is 193 g/mol. The molecule has 0 saturated heterocycles. The molecule has 1 rings (SSSR count). The first-order chi connectivity index (χ1) is 6.59. The Hall–Kier alpha value is -1.09. The first-order valence-corrected chi connectivity index (χ1v) is 5.00. The summed E-state index contributed by atoms with van der Waals surface area (Å²) in [5.41, 5.74) is 2.04. The van der Waals surface area contributed by atoms with E-state index in [0.29, 0.717) is 5.92 Å². The standard InChI is InChI=1S/C11H19N3/c1-8(2)5-12-7-11-13-6-10(14-11)9(3)4/h6,8,12H,3,5,7H2,1-2,4H3,(H,13,14). The molecule has 0 aromatic carbocycles. The van der Waals surface area contributed by atoms with Crippen LogP contribution in [0.1, 0.15) is 32.3 Å². The maximum absolute atomic E-state index is 4.26. The summed E-state index contributed by atoms with van der Waals surface area (Å²) in [4.78, 5) is 7.47. The predicted molar refractivity (Wildman–Crippen MR) is 59.8 cm³/mol. The van der Waals surface area contributed by atoms with Crippen molar-refractivity contribution in [2.45, 2.75) is 27.3 Å². The van der Waals surface area contributed by atoms with E-state index in [4.69, 9.17) is 0 Å². The fourth-order valence-corrected chi connectivity index (χ4v) is 1.15. The molecule has 0 radical (unpaired) electrons. The zero-order valence-corrected chi connectivity index (χ0v) is 9.22. The summed E-state index contributed by atoms with van der Waals surface area (Å²) in [6.45, 7) is 12.0. The Labute approximate surface area is 85.6 Å². The molecular weight excluding hydrogens is 174 g/mol. The van der Waals surface area contributed by atoms with Gasteiger partial charge in [-0.25, -0.2) is 4.98 Å². The van der Waals surface area contributed by atoms with Crippen LogP contribution >= 0.6 is 0 Å². The zero-order chi connectivity index (χ0) is 10.6. The van der Waals surface area contributed by atoms with Crippen LogP contribution in [-0.2, 0) is 6.54 Å². The van der Waals surface area contributed by atoms with E-state index >= 15 is 0 Å². The van der Waals surface area contributed by atoms with Crippen molar-refractivity contribution < 1.29 is 0 Å². The highest BCUT2D eigenvalue weighted by atomic mass is 15.0. The molecule has 1 heterocycles. The van der Waals surface area contributed by atoms with Crippen LogP contribution in [0.15, 0.2) is 12.8 Å². The molecule has 1 aromatic heterocycles. The molecule has 0 spiro atoms. The second-order valence-corrected chi connectivity index (χ2v) is 4.05. The summed E-state index contributed by atoms with van der Waals surface area (Å²) in [6, 6.07) is 0. The molecule has 0 saturated carbocycles. The highest BCUT2D eigenvalue weighted by Gasteiger charge is 2.00. The van der Waals surface area contributed by atoms with Gasteiger partial charge in [-0.3, -0.25) is 0 Å². The third-order valence-electron chi connectivity index (χ3n) is 1.93. The summed E-state index contributed by atoms with van der Waals surface area (Å²) < 4.78 is 0. The van der Waals surface area contributed by atoms with Gasteiger partial charge in [-0.1, -0.05) is 20.4 Å². The number of aromatic amines is 1. The Kier molecular flexibility index (Phi) is 3.89. The van der Waals surface area contributed by atoms with Crippen molar-refractivity contribution >= 4 is 5.57 Å². The van der Waals surface area contributed by atoms with Gasteiger partial charge < -0.3 is 10.3 Å². The lowest BCUT2D eigenvalue weighted by Crippen LogP contribution is -2.19. The van der Waals surface area contributed by atoms with Crippen molar-refractivity contribution in [1.82, 2.24) is 15.3 Å². The van der Waals surface area contributed by atoms with Gasteiger partial charge in [0, 0.05) is 0 Å². The van der Waals surface area contributed by atoms with Crippen LogP contribution in [-0.4, -0.2) is 16.5 Å². The van der Waals surface area contributed by atoms with E-state index in [0.717, 1.165) is 30.2 Å². The van der Waals surface area contributed by atoms with E-state index in [1.807, 2.05) is 13.1 Å². The zero-order valence-electron chi connectivity index (χ0n) is 9.22. The summed E-state index contributed by atoms with van der Waals surface area (Å²) in [5.74, 6) is 1.65. The summed E-state index contributed by atoms with van der Waals surface area (Å²) in [7, 11) is 0. The van der Waals surface area contributed by atoms with Gasteiger partial charge in [-0.15, -0.1) is 0 Å². The Morgan fingerprint density at radius 1 is 1.64 bits per heavy atom. The number of rotatable bonds is 5. The normalized spacial score (nSPS) is 10.9. The van der Waals surface area contributed by atoms with Gasteiger partial charge in [-0.05, 0) is 25.0 Å². The van der Waals surface area contributed by atoms with Crippen LogP contribution in [0.25, 0.3) is 5.57 Å². The minimum Gasteiger partial charge on any atom is -0.341 e. The molecule has 0 atom stereocenters. The molecule has 0 amide bonds. The molecular formula is C11H19N3. The molecule has 0 fully saturated rings. The van der Waals surface area contributed by atoms with Crippen LogP contribution in [0.3, 0.4) is 0 Å². The van der Waals surface area contributed by atoms with Gasteiger partial charge in [0.05, 0.1) is 18.4 Å². The lowest BCUT2D eigenvalue weighted by atomic mass is 10.2. The fourth-order valence-electron chi connectivity index (χ4n) is 1.15. The maximum atomic E-state index is 4.26. The number of nitrogens with one attached hydrogen (secondary N) is 2. The van der Waals surface area contributed by atoms with Crippen LogP contribution in [0.2, 0.25) is 0 Å². The summed E-state index contributed by atoms with van der Waals surface area (Å²) >= 11 is 0. The molecule has 14 heavy (non-hydrogen) atoms. The van der Waals surface area contributed by atoms with Crippen LogP contribution in [0.4, 0.5) is 0 Å². The largest absolute Gasteiger partial charge is 0.341 e. The molecule has 0 aliphatic carbocycles. The van der Waals surface area contributed by atoms with Crippen LogP contribution in [0.5, 0.6) is 0 Å². The van der Waals surface area contributed by atoms with E-state index in [1.165, 1.54) is 0 Å². The number of allylic oxidation sites excluding steroid dienone is 1. The molecule has 0 aliphatic rings. The van der Waals surface area contributed by atoms with E-state index in [1.54, 1.807) is 0 Å². The van der Waals surface area contributed by atoms with Gasteiger partial charge in [0.1, 0.15) is 5.82 Å². The highest BCUT2D eigenvalue weighted by Crippen LogP contribution is 2.07. The first-order valence-electron chi connectivity index (χ1n) is 5.00. The SMILES string of the molecule is C=C(C)c1cnc(CNCC(C)C)[nH]1. The average Bonchev–Trinajstić information content (AvgIpc) is 2.52. The molecule has 1 aromatic rings. The second kappa shape index (κ2) is 4.96. The number of hydrogen-bond donors (Lipinski definition) is 2. The Bertz CT molecular complexity index is 299. The van der Waals surface area contributed by atoms with E-state index in [-0.39, 0.29) is 0 Å². The molecule has 3 heteroatoms. The van der Waals surface area contributed by atoms with Crippen molar-refractivity contribution in [3.63, 3.8) is 0 Å². The van der Waals surface area contributed by atoms with Crippen molar-refractivity contribution in [3.05, 3.63) is 24.3 Å². The monoisotopic (exact) mass is 193 g/mol. The molecule has 3 nitrogen and oxygen atoms in total. The molecule has 0 unspecified atom stereocenters. The predicted octanol–water partition coefficient (Wildman–Crippen LogP) is 2.19. The second-order valence-electron chi connectivity index (χ2n) is 4.05.